The van der Waals surface area contributed by atoms with Crippen LogP contribution >= 0.6 is 15.9 Å². The minimum atomic E-state index is -0.253. The first kappa shape index (κ1) is 13.1. The second kappa shape index (κ2) is 5.59. The quantitative estimate of drug-likeness (QED) is 0.906. The van der Waals surface area contributed by atoms with E-state index in [9.17, 15) is 4.39 Å². The maximum absolute atomic E-state index is 13.4. The average molecular weight is 326 g/mol. The van der Waals surface area contributed by atoms with Gasteiger partial charge in [-0.05, 0) is 47.8 Å². The van der Waals surface area contributed by atoms with Gasteiger partial charge in [-0.1, -0.05) is 6.42 Å². The molecule has 102 valence electrons. The van der Waals surface area contributed by atoms with E-state index in [1.807, 2.05) is 0 Å². The third kappa shape index (κ3) is 2.98. The highest BCUT2D eigenvalue weighted by molar-refractivity contribution is 9.10. The molecular formula is C14H17BrFN3. The van der Waals surface area contributed by atoms with Gasteiger partial charge in [0, 0.05) is 18.5 Å². The minimum absolute atomic E-state index is 0.253. The fraction of sp³-hybridized carbons (Fsp3) is 0.500. The van der Waals surface area contributed by atoms with Crippen LogP contribution in [0.2, 0.25) is 0 Å². The van der Waals surface area contributed by atoms with Gasteiger partial charge in [-0.15, -0.1) is 0 Å². The number of nitrogens with one attached hydrogen (secondary N) is 2. The molecule has 1 aromatic heterocycles. The number of fused-ring (bicyclic) bond motifs is 1. The first-order chi connectivity index (χ1) is 9.22. The molecular weight excluding hydrogens is 309 g/mol. The Morgan fingerprint density at radius 3 is 3.05 bits per heavy atom. The zero-order valence-corrected chi connectivity index (χ0v) is 12.3. The van der Waals surface area contributed by atoms with E-state index < -0.39 is 0 Å². The Balaban J connectivity index is 1.70. The summed E-state index contributed by atoms with van der Waals surface area (Å²) in [6.45, 7) is 1.13. The summed E-state index contributed by atoms with van der Waals surface area (Å²) in [6.07, 6.45) is 5.85. The lowest BCUT2D eigenvalue weighted by Gasteiger charge is -2.22. The molecule has 1 fully saturated rings. The molecule has 0 amide bonds. The van der Waals surface area contributed by atoms with Crippen LogP contribution in [-0.4, -0.2) is 22.6 Å². The standard InChI is InChI=1S/C14H17BrFN3/c15-10-7-12-13(8-11(10)16)19-14(18-12)5-4-9-3-1-2-6-17-9/h7-9,17H,1-6H2,(H,18,19). The van der Waals surface area contributed by atoms with Crippen molar-refractivity contribution in [2.45, 2.75) is 38.1 Å². The van der Waals surface area contributed by atoms with Crippen molar-refractivity contribution in [1.82, 2.24) is 15.3 Å². The first-order valence-corrected chi connectivity index (χ1v) is 7.59. The molecule has 0 saturated carbocycles. The Morgan fingerprint density at radius 2 is 2.26 bits per heavy atom. The summed E-state index contributed by atoms with van der Waals surface area (Å²) < 4.78 is 13.9. The largest absolute Gasteiger partial charge is 0.342 e. The van der Waals surface area contributed by atoms with Crippen LogP contribution in [0.3, 0.4) is 0 Å². The smallest absolute Gasteiger partial charge is 0.139 e. The van der Waals surface area contributed by atoms with E-state index in [1.54, 1.807) is 6.07 Å². The van der Waals surface area contributed by atoms with Gasteiger partial charge in [0.05, 0.1) is 15.5 Å². The van der Waals surface area contributed by atoms with Crippen LogP contribution in [0.1, 0.15) is 31.5 Å². The Kier molecular flexibility index (Phi) is 3.84. The molecule has 3 rings (SSSR count). The number of benzene rings is 1. The number of hydrogen-bond acceptors (Lipinski definition) is 2. The number of H-pyrrole nitrogens is 1. The highest BCUT2D eigenvalue weighted by Crippen LogP contribution is 2.22. The Labute approximate surface area is 120 Å². The second-order valence-electron chi connectivity index (χ2n) is 5.15. The van der Waals surface area contributed by atoms with Gasteiger partial charge in [-0.25, -0.2) is 9.37 Å². The third-order valence-corrected chi connectivity index (χ3v) is 4.32. The van der Waals surface area contributed by atoms with Gasteiger partial charge < -0.3 is 10.3 Å². The molecule has 2 N–H and O–H groups in total. The van der Waals surface area contributed by atoms with Crippen LogP contribution in [0.25, 0.3) is 11.0 Å². The minimum Gasteiger partial charge on any atom is -0.342 e. The normalized spacial score (nSPS) is 20.0. The number of rotatable bonds is 3. The van der Waals surface area contributed by atoms with Crippen molar-refractivity contribution in [2.24, 2.45) is 0 Å². The molecule has 3 nitrogen and oxygen atoms in total. The lowest BCUT2D eigenvalue weighted by Crippen LogP contribution is -2.34. The number of imidazole rings is 1. The van der Waals surface area contributed by atoms with Crippen LogP contribution in [0.5, 0.6) is 0 Å². The molecule has 0 bridgehead atoms. The number of halogens is 2. The average Bonchev–Trinajstić information content (AvgIpc) is 2.80. The van der Waals surface area contributed by atoms with E-state index in [0.717, 1.165) is 36.2 Å². The van der Waals surface area contributed by atoms with E-state index in [1.165, 1.54) is 25.3 Å². The number of hydrogen-bond donors (Lipinski definition) is 2. The molecule has 19 heavy (non-hydrogen) atoms. The Bertz CT molecular complexity index is 536. The second-order valence-corrected chi connectivity index (χ2v) is 6.01. The molecule has 5 heteroatoms. The van der Waals surface area contributed by atoms with E-state index in [0.29, 0.717) is 10.5 Å². The summed E-state index contributed by atoms with van der Waals surface area (Å²) in [5.74, 6) is 0.691. The zero-order valence-electron chi connectivity index (χ0n) is 10.7. The molecule has 1 unspecified atom stereocenters. The summed E-state index contributed by atoms with van der Waals surface area (Å²) in [4.78, 5) is 7.72. The third-order valence-electron chi connectivity index (χ3n) is 3.71. The van der Waals surface area contributed by atoms with E-state index in [2.05, 4.69) is 31.2 Å². The summed E-state index contributed by atoms with van der Waals surface area (Å²) in [5.41, 5.74) is 1.59. The fourth-order valence-electron chi connectivity index (χ4n) is 2.66. The summed E-state index contributed by atoms with van der Waals surface area (Å²) in [6, 6.07) is 3.82. The highest BCUT2D eigenvalue weighted by atomic mass is 79.9. The zero-order chi connectivity index (χ0) is 13.2. The Hall–Kier alpha value is -0.940. The van der Waals surface area contributed by atoms with Crippen molar-refractivity contribution >= 4 is 27.0 Å². The van der Waals surface area contributed by atoms with Crippen molar-refractivity contribution in [3.63, 3.8) is 0 Å². The van der Waals surface area contributed by atoms with Crippen molar-refractivity contribution in [3.05, 3.63) is 28.2 Å². The van der Waals surface area contributed by atoms with Gasteiger partial charge in [-0.3, -0.25) is 0 Å². The van der Waals surface area contributed by atoms with Gasteiger partial charge in [-0.2, -0.15) is 0 Å². The summed E-state index contributed by atoms with van der Waals surface area (Å²) in [7, 11) is 0. The molecule has 1 aliphatic heterocycles. The van der Waals surface area contributed by atoms with Gasteiger partial charge in [0.25, 0.3) is 0 Å². The predicted molar refractivity (Wildman–Crippen MR) is 77.7 cm³/mol. The van der Waals surface area contributed by atoms with Crippen LogP contribution in [-0.2, 0) is 6.42 Å². The van der Waals surface area contributed by atoms with E-state index in [-0.39, 0.29) is 5.82 Å². The number of aromatic nitrogens is 2. The maximum Gasteiger partial charge on any atom is 0.139 e. The van der Waals surface area contributed by atoms with E-state index in [4.69, 9.17) is 0 Å². The van der Waals surface area contributed by atoms with Crippen LogP contribution in [0.4, 0.5) is 4.39 Å². The molecule has 2 heterocycles. The van der Waals surface area contributed by atoms with Crippen molar-refractivity contribution in [2.75, 3.05) is 6.54 Å². The maximum atomic E-state index is 13.4. The summed E-state index contributed by atoms with van der Waals surface area (Å²) in [5, 5.41) is 3.53. The topological polar surface area (TPSA) is 40.7 Å². The SMILES string of the molecule is Fc1cc2[nH]c(CCC3CCCCN3)nc2cc1Br. The van der Waals surface area contributed by atoms with Gasteiger partial charge in [0.15, 0.2) is 0 Å². The van der Waals surface area contributed by atoms with E-state index >= 15 is 0 Å². The fourth-order valence-corrected chi connectivity index (χ4v) is 2.99. The van der Waals surface area contributed by atoms with Gasteiger partial charge >= 0.3 is 0 Å². The monoisotopic (exact) mass is 325 g/mol. The van der Waals surface area contributed by atoms with Gasteiger partial charge in [0.2, 0.25) is 0 Å². The molecule has 0 spiro atoms. The van der Waals surface area contributed by atoms with Crippen LogP contribution in [0, 0.1) is 5.82 Å². The molecule has 1 saturated heterocycles. The van der Waals surface area contributed by atoms with Crippen molar-refractivity contribution in [1.29, 1.82) is 0 Å². The molecule has 2 aromatic rings. The number of aryl methyl sites for hydroxylation is 1. The van der Waals surface area contributed by atoms with Gasteiger partial charge in [0.1, 0.15) is 11.6 Å². The number of nitrogens with zero attached hydrogens (tertiary/aromatic N) is 1. The molecule has 1 aliphatic rings. The highest BCUT2D eigenvalue weighted by Gasteiger charge is 2.13. The van der Waals surface area contributed by atoms with Crippen LogP contribution < -0.4 is 5.32 Å². The molecule has 0 radical (unpaired) electrons. The number of aromatic amines is 1. The number of piperidine rings is 1. The molecule has 1 atom stereocenters. The van der Waals surface area contributed by atoms with Crippen LogP contribution in [0.15, 0.2) is 16.6 Å². The molecule has 0 aliphatic carbocycles. The van der Waals surface area contributed by atoms with Crippen molar-refractivity contribution < 1.29 is 4.39 Å². The molecule has 1 aromatic carbocycles. The van der Waals surface area contributed by atoms with Crippen molar-refractivity contribution in [3.8, 4) is 0 Å². The predicted octanol–water partition coefficient (Wildman–Crippen LogP) is 3.54. The lowest BCUT2D eigenvalue weighted by atomic mass is 10.0. The lowest BCUT2D eigenvalue weighted by molar-refractivity contribution is 0.381. The Morgan fingerprint density at radius 1 is 1.37 bits per heavy atom. The first-order valence-electron chi connectivity index (χ1n) is 6.79. The summed E-state index contributed by atoms with van der Waals surface area (Å²) >= 11 is 3.19.